The lowest BCUT2D eigenvalue weighted by atomic mass is 10.0. The molecule has 0 bridgehead atoms. The van der Waals surface area contributed by atoms with Crippen LogP contribution in [0.1, 0.15) is 31.9 Å². The number of carbonyl (C=O) groups is 1. The van der Waals surface area contributed by atoms with Crippen molar-refractivity contribution < 1.29 is 14.6 Å². The van der Waals surface area contributed by atoms with Crippen molar-refractivity contribution in [3.63, 3.8) is 0 Å². The van der Waals surface area contributed by atoms with Crippen LogP contribution in [-0.4, -0.2) is 34.7 Å². The number of rotatable bonds is 9. The molecular formula is C23H29NO3. The van der Waals surface area contributed by atoms with Crippen molar-refractivity contribution >= 4 is 5.97 Å². The Morgan fingerprint density at radius 2 is 1.52 bits per heavy atom. The van der Waals surface area contributed by atoms with Crippen LogP contribution in [0, 0.1) is 0 Å². The second-order valence-corrected chi connectivity index (χ2v) is 6.68. The maximum absolute atomic E-state index is 12.0. The predicted molar refractivity (Wildman–Crippen MR) is 108 cm³/mol. The van der Waals surface area contributed by atoms with Crippen molar-refractivity contribution in [2.45, 2.75) is 46.0 Å². The number of aliphatic hydroxyl groups is 1. The quantitative estimate of drug-likeness (QED) is 0.539. The third-order valence-corrected chi connectivity index (χ3v) is 4.39. The van der Waals surface area contributed by atoms with Gasteiger partial charge in [-0.3, -0.25) is 4.90 Å². The third-order valence-electron chi connectivity index (χ3n) is 4.39. The van der Waals surface area contributed by atoms with Gasteiger partial charge in [0, 0.05) is 18.7 Å². The van der Waals surface area contributed by atoms with E-state index in [4.69, 9.17) is 4.74 Å². The summed E-state index contributed by atoms with van der Waals surface area (Å²) in [5.74, 6) is -0.345. The first-order valence-electron chi connectivity index (χ1n) is 9.36. The number of esters is 1. The van der Waals surface area contributed by atoms with Crippen molar-refractivity contribution in [3.05, 3.63) is 83.4 Å². The molecule has 2 rings (SSSR count). The molecule has 4 heteroatoms. The van der Waals surface area contributed by atoms with Gasteiger partial charge in [0.15, 0.2) is 0 Å². The second kappa shape index (κ2) is 10.7. The zero-order valence-electron chi connectivity index (χ0n) is 16.3. The normalized spacial score (nSPS) is 14.0. The topological polar surface area (TPSA) is 49.8 Å². The van der Waals surface area contributed by atoms with Gasteiger partial charge < -0.3 is 9.84 Å². The molecule has 0 unspecified atom stereocenters. The van der Waals surface area contributed by atoms with E-state index in [0.717, 1.165) is 11.1 Å². The van der Waals surface area contributed by atoms with Crippen molar-refractivity contribution in [1.29, 1.82) is 0 Å². The van der Waals surface area contributed by atoms with E-state index in [1.165, 1.54) is 0 Å². The van der Waals surface area contributed by atoms with Gasteiger partial charge in [0.1, 0.15) is 0 Å². The molecule has 0 aliphatic heterocycles. The number of aliphatic hydroxyl groups excluding tert-OH is 1. The maximum atomic E-state index is 12.0. The summed E-state index contributed by atoms with van der Waals surface area (Å²) in [6, 6.07) is 20.0. The Labute approximate surface area is 162 Å². The molecule has 0 spiro atoms. The Balaban J connectivity index is 2.31. The molecule has 0 aliphatic rings. The first-order chi connectivity index (χ1) is 13.0. The van der Waals surface area contributed by atoms with E-state index in [-0.39, 0.29) is 12.0 Å². The predicted octanol–water partition coefficient (Wildman–Crippen LogP) is 3.95. The standard InChI is InChI=1S/C23H29NO3/c1-4-27-23(26)18(2)15-22(19(3)25)24(16-20-11-7-5-8-12-20)17-21-13-9-6-10-14-21/h5-15,19,22,25H,4,16-17H2,1-3H3/b18-15+/t19-,22-/m1/s1. The van der Waals surface area contributed by atoms with Crippen LogP contribution in [0.25, 0.3) is 0 Å². The van der Waals surface area contributed by atoms with Crippen LogP contribution in [0.2, 0.25) is 0 Å². The summed E-state index contributed by atoms with van der Waals surface area (Å²) in [5.41, 5.74) is 2.82. The fourth-order valence-corrected chi connectivity index (χ4v) is 3.02. The van der Waals surface area contributed by atoms with Gasteiger partial charge in [0.05, 0.1) is 18.8 Å². The average Bonchev–Trinajstić information content (AvgIpc) is 2.67. The van der Waals surface area contributed by atoms with Crippen molar-refractivity contribution in [2.75, 3.05) is 6.61 Å². The summed E-state index contributed by atoms with van der Waals surface area (Å²) in [7, 11) is 0. The lowest BCUT2D eigenvalue weighted by Crippen LogP contribution is -2.40. The fraction of sp³-hybridized carbons (Fsp3) is 0.348. The Bertz CT molecular complexity index is 684. The summed E-state index contributed by atoms with van der Waals surface area (Å²) in [6.07, 6.45) is 1.18. The first kappa shape index (κ1) is 20.9. The summed E-state index contributed by atoms with van der Waals surface area (Å²) in [4.78, 5) is 14.2. The molecule has 2 aromatic rings. The molecule has 0 amide bonds. The number of hydrogen-bond donors (Lipinski definition) is 1. The number of nitrogens with zero attached hydrogens (tertiary/aromatic N) is 1. The van der Waals surface area contributed by atoms with Gasteiger partial charge in [-0.15, -0.1) is 0 Å². The molecule has 0 saturated heterocycles. The van der Waals surface area contributed by atoms with E-state index < -0.39 is 6.10 Å². The highest BCUT2D eigenvalue weighted by molar-refractivity contribution is 5.87. The lowest BCUT2D eigenvalue weighted by Gasteiger charge is -2.32. The molecule has 1 N–H and O–H groups in total. The number of hydrogen-bond acceptors (Lipinski definition) is 4. The van der Waals surface area contributed by atoms with Crippen molar-refractivity contribution in [2.24, 2.45) is 0 Å². The highest BCUT2D eigenvalue weighted by atomic mass is 16.5. The Morgan fingerprint density at radius 3 is 1.93 bits per heavy atom. The molecule has 0 saturated carbocycles. The summed E-state index contributed by atoms with van der Waals surface area (Å²) in [5, 5.41) is 10.5. The first-order valence-corrected chi connectivity index (χ1v) is 9.36. The Morgan fingerprint density at radius 1 is 1.04 bits per heavy atom. The summed E-state index contributed by atoms with van der Waals surface area (Å²) in [6.45, 7) is 6.94. The van der Waals surface area contributed by atoms with Crippen LogP contribution in [0.15, 0.2) is 72.3 Å². The minimum Gasteiger partial charge on any atom is -0.463 e. The van der Waals surface area contributed by atoms with E-state index in [9.17, 15) is 9.90 Å². The third kappa shape index (κ3) is 6.66. The minimum absolute atomic E-state index is 0.310. The molecule has 0 fully saturated rings. The average molecular weight is 367 g/mol. The molecule has 0 aliphatic carbocycles. The highest BCUT2D eigenvalue weighted by Gasteiger charge is 2.23. The molecule has 0 heterocycles. The van der Waals surface area contributed by atoms with Gasteiger partial charge in [-0.05, 0) is 31.9 Å². The van der Waals surface area contributed by atoms with Crippen molar-refractivity contribution in [1.82, 2.24) is 4.90 Å². The Hall–Kier alpha value is -2.43. The van der Waals surface area contributed by atoms with Gasteiger partial charge in [0.25, 0.3) is 0 Å². The minimum atomic E-state index is -0.637. The summed E-state index contributed by atoms with van der Waals surface area (Å²) < 4.78 is 5.09. The highest BCUT2D eigenvalue weighted by Crippen LogP contribution is 2.18. The van der Waals surface area contributed by atoms with Gasteiger partial charge in [-0.1, -0.05) is 66.7 Å². The van der Waals surface area contributed by atoms with Crippen LogP contribution in [0.3, 0.4) is 0 Å². The monoisotopic (exact) mass is 367 g/mol. The van der Waals surface area contributed by atoms with Gasteiger partial charge in [0.2, 0.25) is 0 Å². The van der Waals surface area contributed by atoms with Crippen LogP contribution in [0.4, 0.5) is 0 Å². The SMILES string of the molecule is CCOC(=O)/C(C)=C/[C@H]([C@@H](C)O)N(Cc1ccccc1)Cc1ccccc1. The lowest BCUT2D eigenvalue weighted by molar-refractivity contribution is -0.138. The molecule has 144 valence electrons. The van der Waals surface area contributed by atoms with Crippen LogP contribution < -0.4 is 0 Å². The van der Waals surface area contributed by atoms with Crippen molar-refractivity contribution in [3.8, 4) is 0 Å². The number of benzene rings is 2. The largest absolute Gasteiger partial charge is 0.463 e. The number of ether oxygens (including phenoxy) is 1. The molecule has 27 heavy (non-hydrogen) atoms. The zero-order valence-corrected chi connectivity index (χ0v) is 16.3. The summed E-state index contributed by atoms with van der Waals surface area (Å²) >= 11 is 0. The molecule has 0 aromatic heterocycles. The Kier molecular flexibility index (Phi) is 8.24. The zero-order chi connectivity index (χ0) is 19.6. The van der Waals surface area contributed by atoms with E-state index in [1.807, 2.05) is 42.5 Å². The van der Waals surface area contributed by atoms with Gasteiger partial charge in [-0.25, -0.2) is 4.79 Å². The second-order valence-electron chi connectivity index (χ2n) is 6.68. The molecular weight excluding hydrogens is 338 g/mol. The van der Waals surface area contributed by atoms with Crippen LogP contribution in [0.5, 0.6) is 0 Å². The van der Waals surface area contributed by atoms with Crippen LogP contribution in [-0.2, 0) is 22.6 Å². The molecule has 2 atom stereocenters. The molecule has 4 nitrogen and oxygen atoms in total. The smallest absolute Gasteiger partial charge is 0.333 e. The van der Waals surface area contributed by atoms with E-state index in [2.05, 4.69) is 29.2 Å². The maximum Gasteiger partial charge on any atom is 0.333 e. The van der Waals surface area contributed by atoms with E-state index in [0.29, 0.717) is 25.3 Å². The molecule has 0 radical (unpaired) electrons. The number of carbonyl (C=O) groups excluding carboxylic acids is 1. The van der Waals surface area contributed by atoms with Gasteiger partial charge in [-0.2, -0.15) is 0 Å². The van der Waals surface area contributed by atoms with Crippen LogP contribution >= 0.6 is 0 Å². The van der Waals surface area contributed by atoms with E-state index in [1.54, 1.807) is 20.8 Å². The fourth-order valence-electron chi connectivity index (χ4n) is 3.02. The van der Waals surface area contributed by atoms with E-state index >= 15 is 0 Å². The van der Waals surface area contributed by atoms with Gasteiger partial charge >= 0.3 is 5.97 Å². The molecule has 2 aromatic carbocycles.